The molecular weight excluding hydrogens is 284 g/mol. The van der Waals surface area contributed by atoms with Crippen LogP contribution in [0.5, 0.6) is 0 Å². The van der Waals surface area contributed by atoms with Crippen LogP contribution in [0, 0.1) is 6.92 Å². The van der Waals surface area contributed by atoms with Crippen molar-refractivity contribution in [3.8, 4) is 0 Å². The van der Waals surface area contributed by atoms with E-state index in [0.717, 1.165) is 18.5 Å². The lowest BCUT2D eigenvalue weighted by atomic mass is 10.2. The topological polar surface area (TPSA) is 49.4 Å². The molecule has 1 aliphatic heterocycles. The molecule has 0 bridgehead atoms. The van der Waals surface area contributed by atoms with Crippen molar-refractivity contribution < 1.29 is 8.42 Å². The normalized spacial score (nSPS) is 20.1. The van der Waals surface area contributed by atoms with E-state index in [0.29, 0.717) is 23.0 Å². The highest BCUT2D eigenvalue weighted by molar-refractivity contribution is 7.89. The summed E-state index contributed by atoms with van der Waals surface area (Å²) in [4.78, 5) is 0.314. The number of nitrogens with zero attached hydrogens (tertiary/aromatic N) is 1. The lowest BCUT2D eigenvalue weighted by Crippen LogP contribution is -2.41. The molecule has 4 nitrogen and oxygen atoms in total. The van der Waals surface area contributed by atoms with Crippen LogP contribution in [0.3, 0.4) is 0 Å². The second-order valence-electron chi connectivity index (χ2n) is 4.76. The Balaban J connectivity index is 2.42. The van der Waals surface area contributed by atoms with Gasteiger partial charge in [-0.15, -0.1) is 0 Å². The van der Waals surface area contributed by atoms with E-state index in [1.54, 1.807) is 23.4 Å². The summed E-state index contributed by atoms with van der Waals surface area (Å²) in [7, 11) is -3.48. The summed E-state index contributed by atoms with van der Waals surface area (Å²) < 4.78 is 27.1. The van der Waals surface area contributed by atoms with Crippen molar-refractivity contribution >= 4 is 21.6 Å². The van der Waals surface area contributed by atoms with Gasteiger partial charge in [0.2, 0.25) is 10.0 Å². The molecule has 1 heterocycles. The van der Waals surface area contributed by atoms with Crippen LogP contribution in [0.2, 0.25) is 5.02 Å². The Morgan fingerprint density at radius 2 is 2.21 bits per heavy atom. The summed E-state index contributed by atoms with van der Waals surface area (Å²) >= 11 is 5.94. The van der Waals surface area contributed by atoms with Crippen LogP contribution in [-0.4, -0.2) is 38.4 Å². The van der Waals surface area contributed by atoms with Crippen molar-refractivity contribution in [3.05, 3.63) is 28.8 Å². The highest BCUT2D eigenvalue weighted by Crippen LogP contribution is 2.26. The Kier molecular flexibility index (Phi) is 4.50. The highest BCUT2D eigenvalue weighted by atomic mass is 35.5. The SMILES string of the molecule is CCN(C1CCNC1)S(=O)(=O)c1cc(Cl)ccc1C. The van der Waals surface area contributed by atoms with Crippen molar-refractivity contribution in [2.24, 2.45) is 0 Å². The van der Waals surface area contributed by atoms with E-state index in [1.807, 2.05) is 6.92 Å². The smallest absolute Gasteiger partial charge is 0.243 e. The van der Waals surface area contributed by atoms with E-state index in [-0.39, 0.29) is 6.04 Å². The number of sulfonamides is 1. The molecule has 0 amide bonds. The number of aryl methyl sites for hydroxylation is 1. The molecule has 1 aromatic carbocycles. The fourth-order valence-electron chi connectivity index (χ4n) is 2.49. The number of hydrogen-bond acceptors (Lipinski definition) is 3. The molecule has 1 aliphatic rings. The van der Waals surface area contributed by atoms with Crippen molar-refractivity contribution in [1.29, 1.82) is 0 Å². The van der Waals surface area contributed by atoms with Gasteiger partial charge >= 0.3 is 0 Å². The van der Waals surface area contributed by atoms with Crippen LogP contribution in [-0.2, 0) is 10.0 Å². The standard InChI is InChI=1S/C13H19ClN2O2S/c1-3-16(12-6-7-15-9-12)19(17,18)13-8-11(14)5-4-10(13)2/h4-5,8,12,15H,3,6-7,9H2,1-2H3. The zero-order chi connectivity index (χ0) is 14.0. The largest absolute Gasteiger partial charge is 0.315 e. The lowest BCUT2D eigenvalue weighted by molar-refractivity contribution is 0.348. The molecule has 1 saturated heterocycles. The van der Waals surface area contributed by atoms with Gasteiger partial charge in [0.1, 0.15) is 0 Å². The van der Waals surface area contributed by atoms with Crippen molar-refractivity contribution in [3.63, 3.8) is 0 Å². The Morgan fingerprint density at radius 3 is 2.79 bits per heavy atom. The van der Waals surface area contributed by atoms with Crippen LogP contribution in [0.15, 0.2) is 23.1 Å². The minimum Gasteiger partial charge on any atom is -0.315 e. The fourth-order valence-corrected chi connectivity index (χ4v) is 4.64. The predicted octanol–water partition coefficient (Wildman–Crippen LogP) is 2.02. The van der Waals surface area contributed by atoms with Crippen LogP contribution >= 0.6 is 11.6 Å². The zero-order valence-electron chi connectivity index (χ0n) is 11.2. The van der Waals surface area contributed by atoms with Gasteiger partial charge in [-0.1, -0.05) is 24.6 Å². The number of hydrogen-bond donors (Lipinski definition) is 1. The van der Waals surface area contributed by atoms with Gasteiger partial charge in [-0.05, 0) is 37.6 Å². The average Bonchev–Trinajstić information content (AvgIpc) is 2.86. The lowest BCUT2D eigenvalue weighted by Gasteiger charge is -2.27. The van der Waals surface area contributed by atoms with E-state index < -0.39 is 10.0 Å². The monoisotopic (exact) mass is 302 g/mol. The maximum atomic E-state index is 12.8. The molecule has 0 saturated carbocycles. The fraction of sp³-hybridized carbons (Fsp3) is 0.538. The first-order valence-electron chi connectivity index (χ1n) is 6.45. The van der Waals surface area contributed by atoms with Crippen LogP contribution < -0.4 is 5.32 Å². The van der Waals surface area contributed by atoms with Gasteiger partial charge in [-0.3, -0.25) is 0 Å². The third-order valence-electron chi connectivity index (χ3n) is 3.49. The maximum Gasteiger partial charge on any atom is 0.243 e. The Morgan fingerprint density at radius 1 is 1.47 bits per heavy atom. The molecule has 6 heteroatoms. The first-order valence-corrected chi connectivity index (χ1v) is 8.27. The van der Waals surface area contributed by atoms with Crippen molar-refractivity contribution in [2.45, 2.75) is 31.2 Å². The number of halogens is 1. The first kappa shape index (κ1) is 14.8. The third-order valence-corrected chi connectivity index (χ3v) is 5.89. The summed E-state index contributed by atoms with van der Waals surface area (Å²) in [6, 6.07) is 5.03. The molecule has 19 heavy (non-hydrogen) atoms. The van der Waals surface area contributed by atoms with Gasteiger partial charge in [-0.2, -0.15) is 4.31 Å². The quantitative estimate of drug-likeness (QED) is 0.926. The molecular formula is C13H19ClN2O2S. The van der Waals surface area contributed by atoms with Crippen LogP contribution in [0.25, 0.3) is 0 Å². The number of nitrogens with one attached hydrogen (secondary N) is 1. The molecule has 0 spiro atoms. The van der Waals surface area contributed by atoms with Crippen molar-refractivity contribution in [2.75, 3.05) is 19.6 Å². The zero-order valence-corrected chi connectivity index (χ0v) is 12.8. The molecule has 1 N–H and O–H groups in total. The van der Waals surface area contributed by atoms with Gasteiger partial charge in [0.05, 0.1) is 4.90 Å². The van der Waals surface area contributed by atoms with E-state index in [9.17, 15) is 8.42 Å². The van der Waals surface area contributed by atoms with Gasteiger partial charge in [0, 0.05) is 24.2 Å². The summed E-state index contributed by atoms with van der Waals surface area (Å²) in [5.74, 6) is 0. The Hall–Kier alpha value is -0.620. The molecule has 0 aromatic heterocycles. The third kappa shape index (κ3) is 2.94. The van der Waals surface area contributed by atoms with Gasteiger partial charge in [-0.25, -0.2) is 8.42 Å². The van der Waals surface area contributed by atoms with Gasteiger partial charge in [0.25, 0.3) is 0 Å². The summed E-state index contributed by atoms with van der Waals surface area (Å²) in [5.41, 5.74) is 0.730. The van der Waals surface area contributed by atoms with E-state index >= 15 is 0 Å². The van der Waals surface area contributed by atoms with E-state index in [2.05, 4.69) is 5.32 Å². The van der Waals surface area contributed by atoms with E-state index in [1.165, 1.54) is 6.07 Å². The average molecular weight is 303 g/mol. The number of rotatable bonds is 4. The minimum absolute atomic E-state index is 0.0355. The number of benzene rings is 1. The molecule has 1 aromatic rings. The van der Waals surface area contributed by atoms with Crippen LogP contribution in [0.1, 0.15) is 18.9 Å². The van der Waals surface area contributed by atoms with Gasteiger partial charge < -0.3 is 5.32 Å². The van der Waals surface area contributed by atoms with Crippen LogP contribution in [0.4, 0.5) is 0 Å². The second kappa shape index (κ2) is 5.79. The minimum atomic E-state index is -3.48. The van der Waals surface area contributed by atoms with Gasteiger partial charge in [0.15, 0.2) is 0 Å². The number of likely N-dealkylation sites (N-methyl/N-ethyl adjacent to an activating group) is 1. The molecule has 2 rings (SSSR count). The maximum absolute atomic E-state index is 12.8. The molecule has 1 fully saturated rings. The molecule has 0 radical (unpaired) electrons. The van der Waals surface area contributed by atoms with E-state index in [4.69, 9.17) is 11.6 Å². The predicted molar refractivity (Wildman–Crippen MR) is 77.0 cm³/mol. The first-order chi connectivity index (χ1) is 8.96. The summed E-state index contributed by atoms with van der Waals surface area (Å²) in [5, 5.41) is 3.65. The Bertz CT molecular complexity index is 554. The Labute approximate surface area is 119 Å². The van der Waals surface area contributed by atoms with Crippen molar-refractivity contribution in [1.82, 2.24) is 9.62 Å². The summed E-state index contributed by atoms with van der Waals surface area (Å²) in [6.07, 6.45) is 0.854. The molecule has 0 aliphatic carbocycles. The highest BCUT2D eigenvalue weighted by Gasteiger charge is 2.32. The molecule has 1 unspecified atom stereocenters. The second-order valence-corrected chi connectivity index (χ2v) is 7.06. The summed E-state index contributed by atoms with van der Waals surface area (Å²) in [6.45, 7) is 5.72. The molecule has 1 atom stereocenters. The molecule has 106 valence electrons.